The molecule has 0 heterocycles. The van der Waals surface area contributed by atoms with Crippen molar-refractivity contribution in [1.29, 1.82) is 0 Å². The summed E-state index contributed by atoms with van der Waals surface area (Å²) >= 11 is 0. The van der Waals surface area contributed by atoms with Gasteiger partial charge < -0.3 is 15.2 Å². The van der Waals surface area contributed by atoms with E-state index in [9.17, 15) is 23.1 Å². The van der Waals surface area contributed by atoms with Gasteiger partial charge >= 0.3 is 12.3 Å². The van der Waals surface area contributed by atoms with E-state index in [1.54, 1.807) is 54.6 Å². The number of alkyl carbamates (subject to hydrolysis) is 1. The van der Waals surface area contributed by atoms with Gasteiger partial charge in [0.1, 0.15) is 6.61 Å². The second-order valence-corrected chi connectivity index (χ2v) is 7.03. The van der Waals surface area contributed by atoms with Crippen molar-refractivity contribution in [3.63, 3.8) is 0 Å². The number of hydrogen-bond acceptors (Lipinski definition) is 3. The second-order valence-electron chi connectivity index (χ2n) is 7.03. The fourth-order valence-electron chi connectivity index (χ4n) is 3.22. The molecule has 2 unspecified atom stereocenters. The Hall–Kier alpha value is -3.32. The van der Waals surface area contributed by atoms with Crippen LogP contribution >= 0.6 is 0 Å². The van der Waals surface area contributed by atoms with Crippen molar-refractivity contribution in [2.45, 2.75) is 31.3 Å². The molecule has 7 heteroatoms. The summed E-state index contributed by atoms with van der Waals surface area (Å²) in [5, 5.41) is 12.1. The largest absolute Gasteiger partial charge is 0.445 e. The van der Waals surface area contributed by atoms with Gasteiger partial charge in [-0.25, -0.2) is 4.79 Å². The van der Waals surface area contributed by atoms with E-state index in [2.05, 4.69) is 5.32 Å². The van der Waals surface area contributed by atoms with Gasteiger partial charge in [0.05, 0.1) is 6.04 Å². The third-order valence-corrected chi connectivity index (χ3v) is 4.77. The fourth-order valence-corrected chi connectivity index (χ4v) is 3.22. The predicted octanol–water partition coefficient (Wildman–Crippen LogP) is 5.11. The Morgan fingerprint density at radius 1 is 0.903 bits per heavy atom. The van der Waals surface area contributed by atoms with Crippen LogP contribution in [0.3, 0.4) is 0 Å². The first-order valence-corrected chi connectivity index (χ1v) is 9.70. The Labute approximate surface area is 178 Å². The number of benzene rings is 3. The van der Waals surface area contributed by atoms with Gasteiger partial charge in [0.25, 0.3) is 0 Å². The van der Waals surface area contributed by atoms with Crippen LogP contribution in [0.15, 0.2) is 84.9 Å². The first-order valence-electron chi connectivity index (χ1n) is 9.70. The number of carbonyl (C=O) groups excluding carboxylic acids is 1. The normalized spacial score (nSPS) is 13.3. The van der Waals surface area contributed by atoms with Gasteiger partial charge in [-0.3, -0.25) is 0 Å². The molecule has 0 aliphatic carbocycles. The van der Waals surface area contributed by atoms with Crippen molar-refractivity contribution in [3.05, 3.63) is 96.1 Å². The lowest BCUT2D eigenvalue weighted by atomic mass is 9.93. The molecule has 2 atom stereocenters. The van der Waals surface area contributed by atoms with E-state index in [4.69, 9.17) is 4.74 Å². The zero-order chi connectivity index (χ0) is 22.3. The van der Waals surface area contributed by atoms with E-state index >= 15 is 0 Å². The lowest BCUT2D eigenvalue weighted by molar-refractivity contribution is -0.211. The van der Waals surface area contributed by atoms with Crippen molar-refractivity contribution in [2.75, 3.05) is 0 Å². The summed E-state index contributed by atoms with van der Waals surface area (Å²) in [7, 11) is 0. The molecule has 4 nitrogen and oxygen atoms in total. The maximum absolute atomic E-state index is 13.3. The number of halogens is 3. The molecule has 0 saturated carbocycles. The second kappa shape index (κ2) is 10.1. The van der Waals surface area contributed by atoms with Crippen LogP contribution in [-0.2, 0) is 17.8 Å². The molecule has 0 fully saturated rings. The first kappa shape index (κ1) is 22.4. The van der Waals surface area contributed by atoms with Crippen LogP contribution in [0.25, 0.3) is 11.1 Å². The van der Waals surface area contributed by atoms with Crippen LogP contribution < -0.4 is 5.32 Å². The van der Waals surface area contributed by atoms with Gasteiger partial charge in [-0.2, -0.15) is 13.2 Å². The molecular formula is C24H22F3NO3. The standard InChI is InChI=1S/C24H22F3NO3/c25-24(26,27)22(29)21(28-23(30)31-16-17-9-3-1-4-10-17)15-19-13-7-8-14-20(19)18-11-5-2-6-12-18/h1-14,21-22,29H,15-16H2,(H,28,30). The van der Waals surface area contributed by atoms with Crippen molar-refractivity contribution >= 4 is 6.09 Å². The Morgan fingerprint density at radius 3 is 2.13 bits per heavy atom. The highest BCUT2D eigenvalue weighted by atomic mass is 19.4. The molecule has 2 N–H and O–H groups in total. The maximum atomic E-state index is 13.3. The van der Waals surface area contributed by atoms with Crippen LogP contribution in [0.5, 0.6) is 0 Å². The summed E-state index contributed by atoms with van der Waals surface area (Å²) in [5.41, 5.74) is 2.80. The van der Waals surface area contributed by atoms with Crippen LogP contribution in [-0.4, -0.2) is 29.5 Å². The third kappa shape index (κ3) is 6.33. The number of aliphatic hydroxyl groups is 1. The van der Waals surface area contributed by atoms with Crippen LogP contribution in [0, 0.1) is 0 Å². The quantitative estimate of drug-likeness (QED) is 0.549. The molecular weight excluding hydrogens is 407 g/mol. The van der Waals surface area contributed by atoms with Gasteiger partial charge in [0, 0.05) is 0 Å². The van der Waals surface area contributed by atoms with Crippen molar-refractivity contribution in [1.82, 2.24) is 5.32 Å². The molecule has 0 bridgehead atoms. The van der Waals surface area contributed by atoms with E-state index in [1.165, 1.54) is 0 Å². The Bertz CT molecular complexity index is 978. The molecule has 31 heavy (non-hydrogen) atoms. The first-order chi connectivity index (χ1) is 14.8. The monoisotopic (exact) mass is 429 g/mol. The minimum atomic E-state index is -4.90. The highest BCUT2D eigenvalue weighted by Gasteiger charge is 2.44. The average molecular weight is 429 g/mol. The van der Waals surface area contributed by atoms with Gasteiger partial charge in [-0.15, -0.1) is 0 Å². The number of rotatable bonds is 7. The number of carbonyl (C=O) groups is 1. The number of alkyl halides is 3. The van der Waals surface area contributed by atoms with Gasteiger partial charge in [-0.05, 0) is 28.7 Å². The van der Waals surface area contributed by atoms with Crippen molar-refractivity contribution < 1.29 is 27.8 Å². The topological polar surface area (TPSA) is 58.6 Å². The highest BCUT2D eigenvalue weighted by molar-refractivity contribution is 5.69. The number of hydrogen-bond donors (Lipinski definition) is 2. The SMILES string of the molecule is O=C(NC(Cc1ccccc1-c1ccccc1)C(O)C(F)(F)F)OCc1ccccc1. The van der Waals surface area contributed by atoms with E-state index in [0.29, 0.717) is 11.1 Å². The van der Waals surface area contributed by atoms with Crippen molar-refractivity contribution in [3.8, 4) is 11.1 Å². The van der Waals surface area contributed by atoms with Crippen LogP contribution in [0.4, 0.5) is 18.0 Å². The summed E-state index contributed by atoms with van der Waals surface area (Å²) in [6, 6.07) is 23.3. The lowest BCUT2D eigenvalue weighted by Gasteiger charge is -2.26. The van der Waals surface area contributed by atoms with Crippen LogP contribution in [0.1, 0.15) is 11.1 Å². The minimum Gasteiger partial charge on any atom is -0.445 e. The maximum Gasteiger partial charge on any atom is 0.416 e. The van der Waals surface area contributed by atoms with Crippen LogP contribution in [0.2, 0.25) is 0 Å². The van der Waals surface area contributed by atoms with Crippen molar-refractivity contribution in [2.24, 2.45) is 0 Å². The van der Waals surface area contributed by atoms with Gasteiger partial charge in [0.15, 0.2) is 6.10 Å². The Kier molecular flexibility index (Phi) is 7.31. The molecule has 3 aromatic carbocycles. The number of amides is 1. The molecule has 0 spiro atoms. The zero-order valence-electron chi connectivity index (χ0n) is 16.5. The smallest absolute Gasteiger partial charge is 0.416 e. The number of nitrogens with one attached hydrogen (secondary N) is 1. The predicted molar refractivity (Wildman–Crippen MR) is 111 cm³/mol. The molecule has 0 aliphatic rings. The number of ether oxygens (including phenoxy) is 1. The molecule has 3 aromatic rings. The average Bonchev–Trinajstić information content (AvgIpc) is 2.78. The fraction of sp³-hybridized carbons (Fsp3) is 0.208. The Morgan fingerprint density at radius 2 is 1.48 bits per heavy atom. The van der Waals surface area contributed by atoms with E-state index < -0.39 is 24.4 Å². The highest BCUT2D eigenvalue weighted by Crippen LogP contribution is 2.28. The third-order valence-electron chi connectivity index (χ3n) is 4.77. The summed E-state index contributed by atoms with van der Waals surface area (Å²) in [5.74, 6) is 0. The molecule has 162 valence electrons. The summed E-state index contributed by atoms with van der Waals surface area (Å²) in [6.45, 7) is -0.0951. The van der Waals surface area contributed by atoms with Gasteiger partial charge in [0.2, 0.25) is 0 Å². The molecule has 0 aliphatic heterocycles. The molecule has 0 aromatic heterocycles. The Balaban J connectivity index is 1.78. The van der Waals surface area contributed by atoms with E-state index in [0.717, 1.165) is 11.1 Å². The zero-order valence-corrected chi connectivity index (χ0v) is 16.5. The summed E-state index contributed by atoms with van der Waals surface area (Å²) in [4.78, 5) is 12.2. The molecule has 1 amide bonds. The summed E-state index contributed by atoms with van der Waals surface area (Å²) in [6.07, 6.45) is -8.92. The molecule has 3 rings (SSSR count). The van der Waals surface area contributed by atoms with Gasteiger partial charge in [-0.1, -0.05) is 84.9 Å². The summed E-state index contributed by atoms with van der Waals surface area (Å²) < 4.78 is 44.9. The number of aliphatic hydroxyl groups excluding tert-OH is 1. The lowest BCUT2D eigenvalue weighted by Crippen LogP contribution is -2.51. The van der Waals surface area contributed by atoms with E-state index in [1.807, 2.05) is 30.3 Å². The molecule has 0 saturated heterocycles. The molecule has 0 radical (unpaired) electrons. The minimum absolute atomic E-state index is 0.0951. The van der Waals surface area contributed by atoms with E-state index in [-0.39, 0.29) is 13.0 Å².